The van der Waals surface area contributed by atoms with Crippen LogP contribution in [0.5, 0.6) is 5.75 Å². The SMILES string of the molecule is COc1cccc(C(O)CNCC2(CO)CCCC2)c1. The van der Waals surface area contributed by atoms with E-state index in [0.29, 0.717) is 6.54 Å². The van der Waals surface area contributed by atoms with Crippen molar-refractivity contribution < 1.29 is 14.9 Å². The number of methoxy groups -OCH3 is 1. The molecule has 0 heterocycles. The highest BCUT2D eigenvalue weighted by molar-refractivity contribution is 5.29. The monoisotopic (exact) mass is 279 g/mol. The van der Waals surface area contributed by atoms with E-state index in [1.807, 2.05) is 24.3 Å². The van der Waals surface area contributed by atoms with Gasteiger partial charge < -0.3 is 20.3 Å². The van der Waals surface area contributed by atoms with Crippen LogP contribution >= 0.6 is 0 Å². The number of nitrogens with one attached hydrogen (secondary N) is 1. The molecule has 1 fully saturated rings. The van der Waals surface area contributed by atoms with Crippen molar-refractivity contribution in [1.29, 1.82) is 0 Å². The van der Waals surface area contributed by atoms with Crippen molar-refractivity contribution in [1.82, 2.24) is 5.32 Å². The lowest BCUT2D eigenvalue weighted by atomic mass is 9.87. The zero-order chi connectivity index (χ0) is 14.4. The van der Waals surface area contributed by atoms with Gasteiger partial charge in [-0.25, -0.2) is 0 Å². The molecule has 1 aliphatic carbocycles. The summed E-state index contributed by atoms with van der Waals surface area (Å²) in [6, 6.07) is 7.49. The van der Waals surface area contributed by atoms with Crippen molar-refractivity contribution >= 4 is 0 Å². The summed E-state index contributed by atoms with van der Waals surface area (Å²) < 4.78 is 5.16. The lowest BCUT2D eigenvalue weighted by Gasteiger charge is -2.27. The Morgan fingerprint density at radius 3 is 2.75 bits per heavy atom. The average Bonchev–Trinajstić information content (AvgIpc) is 2.96. The van der Waals surface area contributed by atoms with Crippen LogP contribution in [0.25, 0.3) is 0 Å². The van der Waals surface area contributed by atoms with E-state index in [1.165, 1.54) is 12.8 Å². The van der Waals surface area contributed by atoms with E-state index in [-0.39, 0.29) is 12.0 Å². The molecule has 0 aromatic heterocycles. The van der Waals surface area contributed by atoms with Crippen LogP contribution < -0.4 is 10.1 Å². The lowest BCUT2D eigenvalue weighted by Crippen LogP contribution is -2.37. The second kappa shape index (κ2) is 7.07. The van der Waals surface area contributed by atoms with Gasteiger partial charge in [-0.15, -0.1) is 0 Å². The molecule has 3 N–H and O–H groups in total. The Morgan fingerprint density at radius 2 is 2.10 bits per heavy atom. The average molecular weight is 279 g/mol. The van der Waals surface area contributed by atoms with E-state index in [2.05, 4.69) is 5.32 Å². The molecule has 0 saturated heterocycles. The third-order valence-corrected chi connectivity index (χ3v) is 4.32. The molecule has 1 unspecified atom stereocenters. The molecular weight excluding hydrogens is 254 g/mol. The maximum atomic E-state index is 10.2. The summed E-state index contributed by atoms with van der Waals surface area (Å²) in [5.74, 6) is 0.754. The minimum absolute atomic E-state index is 0.0219. The second-order valence-corrected chi connectivity index (χ2v) is 5.79. The van der Waals surface area contributed by atoms with Gasteiger partial charge in [0.2, 0.25) is 0 Å². The van der Waals surface area contributed by atoms with Gasteiger partial charge in [-0.1, -0.05) is 25.0 Å². The predicted molar refractivity (Wildman–Crippen MR) is 78.8 cm³/mol. The van der Waals surface area contributed by atoms with E-state index in [1.54, 1.807) is 7.11 Å². The first-order valence-corrected chi connectivity index (χ1v) is 7.33. The van der Waals surface area contributed by atoms with Gasteiger partial charge in [0, 0.05) is 25.1 Å². The zero-order valence-corrected chi connectivity index (χ0v) is 12.1. The predicted octanol–water partition coefficient (Wildman–Crippen LogP) is 1.87. The van der Waals surface area contributed by atoms with Crippen LogP contribution in [-0.2, 0) is 0 Å². The standard InChI is InChI=1S/C16H25NO3/c1-20-14-6-4-5-13(9-14)15(19)10-17-11-16(12-18)7-2-3-8-16/h4-6,9,15,17-19H,2-3,7-8,10-12H2,1H3. The Hall–Kier alpha value is -1.10. The van der Waals surface area contributed by atoms with Crippen LogP contribution in [0.2, 0.25) is 0 Å². The summed E-state index contributed by atoms with van der Waals surface area (Å²) in [5.41, 5.74) is 0.870. The molecular formula is C16H25NO3. The highest BCUT2D eigenvalue weighted by Crippen LogP contribution is 2.36. The molecule has 20 heavy (non-hydrogen) atoms. The number of hydrogen-bond donors (Lipinski definition) is 3. The Bertz CT molecular complexity index is 416. The van der Waals surface area contributed by atoms with E-state index in [4.69, 9.17) is 4.74 Å². The first-order chi connectivity index (χ1) is 9.69. The van der Waals surface area contributed by atoms with Gasteiger partial charge >= 0.3 is 0 Å². The summed E-state index contributed by atoms with van der Waals surface area (Å²) in [5, 5.41) is 23.0. The number of rotatable bonds is 7. The van der Waals surface area contributed by atoms with Crippen LogP contribution in [0, 0.1) is 5.41 Å². The molecule has 4 nitrogen and oxygen atoms in total. The molecule has 1 aromatic carbocycles. The number of hydrogen-bond acceptors (Lipinski definition) is 4. The number of benzene rings is 1. The van der Waals surface area contributed by atoms with Crippen LogP contribution in [0.15, 0.2) is 24.3 Å². The van der Waals surface area contributed by atoms with Crippen molar-refractivity contribution in [3.63, 3.8) is 0 Å². The zero-order valence-electron chi connectivity index (χ0n) is 12.1. The highest BCUT2D eigenvalue weighted by atomic mass is 16.5. The number of aliphatic hydroxyl groups excluding tert-OH is 2. The number of ether oxygens (including phenoxy) is 1. The molecule has 1 aromatic rings. The molecule has 4 heteroatoms. The van der Waals surface area contributed by atoms with Gasteiger partial charge in [0.15, 0.2) is 0 Å². The van der Waals surface area contributed by atoms with Crippen molar-refractivity contribution in [2.24, 2.45) is 5.41 Å². The topological polar surface area (TPSA) is 61.7 Å². The van der Waals surface area contributed by atoms with Crippen LogP contribution in [0.1, 0.15) is 37.4 Å². The first-order valence-electron chi connectivity index (χ1n) is 7.33. The first kappa shape index (κ1) is 15.3. The van der Waals surface area contributed by atoms with Crippen molar-refractivity contribution in [2.75, 3.05) is 26.8 Å². The maximum absolute atomic E-state index is 10.2. The quantitative estimate of drug-likeness (QED) is 0.713. The maximum Gasteiger partial charge on any atom is 0.119 e. The lowest BCUT2D eigenvalue weighted by molar-refractivity contribution is 0.117. The fraction of sp³-hybridized carbons (Fsp3) is 0.625. The third-order valence-electron chi connectivity index (χ3n) is 4.32. The fourth-order valence-corrected chi connectivity index (χ4v) is 2.96. The normalized spacial score (nSPS) is 18.9. The van der Waals surface area contributed by atoms with Crippen LogP contribution in [0.4, 0.5) is 0 Å². The number of aliphatic hydroxyl groups is 2. The Balaban J connectivity index is 1.83. The molecule has 0 aliphatic heterocycles. The van der Waals surface area contributed by atoms with Crippen molar-refractivity contribution in [2.45, 2.75) is 31.8 Å². The van der Waals surface area contributed by atoms with Gasteiger partial charge in [0.1, 0.15) is 5.75 Å². The Morgan fingerprint density at radius 1 is 1.35 bits per heavy atom. The summed E-state index contributed by atoms with van der Waals surface area (Å²) in [6.07, 6.45) is 3.99. The summed E-state index contributed by atoms with van der Waals surface area (Å²) in [7, 11) is 1.62. The van der Waals surface area contributed by atoms with E-state index < -0.39 is 6.10 Å². The van der Waals surface area contributed by atoms with E-state index in [9.17, 15) is 10.2 Å². The van der Waals surface area contributed by atoms with Gasteiger partial charge in [-0.05, 0) is 30.5 Å². The molecule has 1 aliphatic rings. The second-order valence-electron chi connectivity index (χ2n) is 5.79. The minimum Gasteiger partial charge on any atom is -0.497 e. The largest absolute Gasteiger partial charge is 0.497 e. The molecule has 0 radical (unpaired) electrons. The summed E-state index contributed by atoms with van der Waals surface area (Å²) in [6.45, 7) is 1.49. The Labute approximate surface area is 120 Å². The van der Waals surface area contributed by atoms with Crippen molar-refractivity contribution in [3.05, 3.63) is 29.8 Å². The molecule has 1 saturated carbocycles. The van der Waals surface area contributed by atoms with Gasteiger partial charge in [-0.2, -0.15) is 0 Å². The Kier molecular flexibility index (Phi) is 5.40. The smallest absolute Gasteiger partial charge is 0.119 e. The highest BCUT2D eigenvalue weighted by Gasteiger charge is 2.32. The molecule has 112 valence electrons. The molecule has 1 atom stereocenters. The fourth-order valence-electron chi connectivity index (χ4n) is 2.96. The van der Waals surface area contributed by atoms with Gasteiger partial charge in [0.05, 0.1) is 13.2 Å². The van der Waals surface area contributed by atoms with Gasteiger partial charge in [0.25, 0.3) is 0 Å². The van der Waals surface area contributed by atoms with Crippen LogP contribution in [-0.4, -0.2) is 37.0 Å². The van der Waals surface area contributed by atoms with Crippen LogP contribution in [0.3, 0.4) is 0 Å². The summed E-state index contributed by atoms with van der Waals surface area (Å²) >= 11 is 0. The molecule has 0 bridgehead atoms. The summed E-state index contributed by atoms with van der Waals surface area (Å²) in [4.78, 5) is 0. The minimum atomic E-state index is -0.553. The molecule has 0 spiro atoms. The third kappa shape index (κ3) is 3.72. The van der Waals surface area contributed by atoms with E-state index >= 15 is 0 Å². The molecule has 2 rings (SSSR count). The molecule has 0 amide bonds. The van der Waals surface area contributed by atoms with E-state index in [0.717, 1.165) is 30.7 Å². The van der Waals surface area contributed by atoms with Crippen molar-refractivity contribution in [3.8, 4) is 5.75 Å². The van der Waals surface area contributed by atoms with Gasteiger partial charge in [-0.3, -0.25) is 0 Å².